The smallest absolute Gasteiger partial charge is 0.388 e. The minimum Gasteiger partial charge on any atom is -0.388 e. The molecule has 0 saturated carbocycles. The standard InChI is InChI=1S/C20H20F6N8O2S/c1-10-7-32(3-4-33(10)14(36)8-34-13(9-35)29-11(2)31-34)16-15(30-18(37-16)20(24,25)26)12-5-27-17(28-6-12)19(21,22)23/h5-6,10,35H,3-4,7-9H2,1-2H3/t10-/m1/s1. The SMILES string of the molecule is Cc1nc(CO)n(CC(=O)N2CCN(c3sc(C(F)(F)F)nc3-c3cnc(C(F)(F)F)nc3)C[C@H]2C)n1. The molecule has 3 aromatic rings. The third-order valence-corrected chi connectivity index (χ3v) is 6.71. The van der Waals surface area contributed by atoms with Crippen molar-refractivity contribution in [2.45, 2.75) is 45.4 Å². The van der Waals surface area contributed by atoms with Gasteiger partial charge in [0, 0.05) is 43.6 Å². The highest BCUT2D eigenvalue weighted by Crippen LogP contribution is 2.43. The Hall–Kier alpha value is -3.34. The Bertz CT molecular complexity index is 1270. The Morgan fingerprint density at radius 2 is 1.78 bits per heavy atom. The van der Waals surface area contributed by atoms with Crippen LogP contribution in [0.15, 0.2) is 12.4 Å². The number of alkyl halides is 6. The molecule has 3 aromatic heterocycles. The van der Waals surface area contributed by atoms with Crippen molar-refractivity contribution in [2.24, 2.45) is 0 Å². The van der Waals surface area contributed by atoms with Gasteiger partial charge in [0.05, 0.1) is 0 Å². The zero-order valence-electron chi connectivity index (χ0n) is 19.4. The molecule has 0 unspecified atom stereocenters. The van der Waals surface area contributed by atoms with Gasteiger partial charge in [0.15, 0.2) is 5.82 Å². The molecule has 0 radical (unpaired) electrons. The summed E-state index contributed by atoms with van der Waals surface area (Å²) in [5.74, 6) is -1.12. The van der Waals surface area contributed by atoms with Crippen LogP contribution < -0.4 is 4.90 Å². The van der Waals surface area contributed by atoms with E-state index < -0.39 is 35.8 Å². The highest BCUT2D eigenvalue weighted by molar-refractivity contribution is 7.16. The van der Waals surface area contributed by atoms with E-state index in [9.17, 15) is 36.2 Å². The third-order valence-electron chi connectivity index (χ3n) is 5.55. The molecule has 1 saturated heterocycles. The van der Waals surface area contributed by atoms with E-state index in [4.69, 9.17) is 0 Å². The van der Waals surface area contributed by atoms with Crippen molar-refractivity contribution in [3.8, 4) is 11.3 Å². The van der Waals surface area contributed by atoms with Gasteiger partial charge in [-0.05, 0) is 13.8 Å². The molecule has 0 aliphatic carbocycles. The largest absolute Gasteiger partial charge is 0.451 e. The predicted octanol–water partition coefficient (Wildman–Crippen LogP) is 2.77. The van der Waals surface area contributed by atoms with E-state index in [0.29, 0.717) is 17.2 Å². The average Bonchev–Trinajstić information content (AvgIpc) is 3.42. The molecule has 1 amide bonds. The number of nitrogens with zero attached hydrogens (tertiary/aromatic N) is 8. The second kappa shape index (κ2) is 9.85. The summed E-state index contributed by atoms with van der Waals surface area (Å²) in [6.45, 7) is 3.21. The van der Waals surface area contributed by atoms with Crippen LogP contribution >= 0.6 is 11.3 Å². The van der Waals surface area contributed by atoms with Gasteiger partial charge in [-0.1, -0.05) is 11.3 Å². The van der Waals surface area contributed by atoms with Crippen LogP contribution in [0.2, 0.25) is 0 Å². The van der Waals surface area contributed by atoms with E-state index in [2.05, 4.69) is 25.0 Å². The third kappa shape index (κ3) is 5.66. The number of anilines is 1. The normalized spacial score (nSPS) is 16.9. The van der Waals surface area contributed by atoms with Gasteiger partial charge in [-0.2, -0.15) is 31.4 Å². The highest BCUT2D eigenvalue weighted by Gasteiger charge is 2.39. The summed E-state index contributed by atoms with van der Waals surface area (Å²) in [4.78, 5) is 30.2. The summed E-state index contributed by atoms with van der Waals surface area (Å²) >= 11 is 0.358. The maximum atomic E-state index is 13.5. The van der Waals surface area contributed by atoms with E-state index in [-0.39, 0.29) is 54.2 Å². The Kier molecular flexibility index (Phi) is 7.11. The van der Waals surface area contributed by atoms with E-state index in [1.165, 1.54) is 4.68 Å². The number of hydrogen-bond acceptors (Lipinski definition) is 9. The van der Waals surface area contributed by atoms with Gasteiger partial charge in [0.25, 0.3) is 0 Å². The molecule has 0 bridgehead atoms. The van der Waals surface area contributed by atoms with Gasteiger partial charge in [-0.25, -0.2) is 24.6 Å². The van der Waals surface area contributed by atoms with Crippen LogP contribution in [0.25, 0.3) is 11.3 Å². The molecule has 1 fully saturated rings. The Labute approximate surface area is 209 Å². The molecule has 0 aromatic carbocycles. The zero-order valence-corrected chi connectivity index (χ0v) is 20.2. The first kappa shape index (κ1) is 26.7. The summed E-state index contributed by atoms with van der Waals surface area (Å²) in [5.41, 5.74) is -0.289. The molecule has 17 heteroatoms. The molecule has 1 N–H and O–H groups in total. The molecule has 200 valence electrons. The first-order valence-corrected chi connectivity index (χ1v) is 11.6. The number of piperazine rings is 1. The van der Waals surface area contributed by atoms with Crippen molar-refractivity contribution in [1.82, 2.24) is 34.6 Å². The Balaban J connectivity index is 1.57. The second-order valence-electron chi connectivity index (χ2n) is 8.24. The number of hydrogen-bond donors (Lipinski definition) is 1. The van der Waals surface area contributed by atoms with Crippen LogP contribution in [0, 0.1) is 6.92 Å². The van der Waals surface area contributed by atoms with Crippen molar-refractivity contribution >= 4 is 22.2 Å². The Morgan fingerprint density at radius 3 is 2.35 bits per heavy atom. The van der Waals surface area contributed by atoms with Crippen LogP contribution in [-0.2, 0) is 30.3 Å². The lowest BCUT2D eigenvalue weighted by Crippen LogP contribution is -2.54. The van der Waals surface area contributed by atoms with Crippen LogP contribution in [0.3, 0.4) is 0 Å². The summed E-state index contributed by atoms with van der Waals surface area (Å²) < 4.78 is 80.2. The van der Waals surface area contributed by atoms with Gasteiger partial charge in [-0.3, -0.25) is 4.79 Å². The number of rotatable bonds is 5. The molecule has 1 aliphatic rings. The minimum absolute atomic E-state index is 0.0871. The molecular formula is C20H20F6N8O2S. The number of amides is 1. The summed E-state index contributed by atoms with van der Waals surface area (Å²) in [5, 5.41) is 12.4. The molecular weight excluding hydrogens is 530 g/mol. The number of carbonyl (C=O) groups is 1. The quantitative estimate of drug-likeness (QED) is 0.483. The van der Waals surface area contributed by atoms with E-state index in [1.54, 1.807) is 23.6 Å². The van der Waals surface area contributed by atoms with Gasteiger partial charge < -0.3 is 14.9 Å². The van der Waals surface area contributed by atoms with Crippen LogP contribution in [0.4, 0.5) is 31.3 Å². The van der Waals surface area contributed by atoms with Crippen LogP contribution in [0.1, 0.15) is 29.4 Å². The van der Waals surface area contributed by atoms with Gasteiger partial charge in [0.2, 0.25) is 16.7 Å². The molecule has 1 aliphatic heterocycles. The highest BCUT2D eigenvalue weighted by atomic mass is 32.1. The fraction of sp³-hybridized carbons (Fsp3) is 0.500. The molecule has 4 rings (SSSR count). The average molecular weight is 550 g/mol. The first-order valence-electron chi connectivity index (χ1n) is 10.8. The number of aliphatic hydroxyl groups is 1. The molecule has 37 heavy (non-hydrogen) atoms. The van der Waals surface area contributed by atoms with Crippen molar-refractivity contribution in [1.29, 1.82) is 0 Å². The molecule has 4 heterocycles. The van der Waals surface area contributed by atoms with Gasteiger partial charge in [-0.15, -0.1) is 0 Å². The molecule has 1 atom stereocenters. The van der Waals surface area contributed by atoms with E-state index in [1.807, 2.05) is 0 Å². The molecule has 10 nitrogen and oxygen atoms in total. The first-order chi connectivity index (χ1) is 17.3. The minimum atomic E-state index is -4.80. The van der Waals surface area contributed by atoms with Crippen molar-refractivity contribution in [3.63, 3.8) is 0 Å². The maximum absolute atomic E-state index is 13.5. The number of thiazole rings is 1. The monoisotopic (exact) mass is 550 g/mol. The fourth-order valence-corrected chi connectivity index (χ4v) is 4.90. The van der Waals surface area contributed by atoms with E-state index >= 15 is 0 Å². The summed E-state index contributed by atoms with van der Waals surface area (Å²) in [6, 6.07) is -0.434. The Morgan fingerprint density at radius 1 is 1.11 bits per heavy atom. The van der Waals surface area contributed by atoms with Crippen molar-refractivity contribution in [2.75, 3.05) is 24.5 Å². The number of aryl methyl sites for hydroxylation is 1. The van der Waals surface area contributed by atoms with Crippen LogP contribution in [-0.4, -0.2) is 71.3 Å². The van der Waals surface area contributed by atoms with Gasteiger partial charge >= 0.3 is 12.4 Å². The van der Waals surface area contributed by atoms with Crippen molar-refractivity contribution < 1.29 is 36.2 Å². The number of halogens is 6. The second-order valence-corrected chi connectivity index (χ2v) is 9.21. The summed E-state index contributed by atoms with van der Waals surface area (Å²) in [6.07, 6.45) is -8.00. The summed E-state index contributed by atoms with van der Waals surface area (Å²) in [7, 11) is 0. The van der Waals surface area contributed by atoms with Gasteiger partial charge in [0.1, 0.15) is 29.7 Å². The zero-order chi connectivity index (χ0) is 27.1. The predicted molar refractivity (Wildman–Crippen MR) is 117 cm³/mol. The fourth-order valence-electron chi connectivity index (χ4n) is 3.91. The molecule has 0 spiro atoms. The van der Waals surface area contributed by atoms with Crippen molar-refractivity contribution in [3.05, 3.63) is 34.9 Å². The van der Waals surface area contributed by atoms with E-state index in [0.717, 1.165) is 12.4 Å². The number of aliphatic hydroxyl groups excluding tert-OH is 1. The van der Waals surface area contributed by atoms with Crippen LogP contribution in [0.5, 0.6) is 0 Å². The lowest BCUT2D eigenvalue weighted by atomic mass is 10.1. The maximum Gasteiger partial charge on any atom is 0.451 e. The lowest BCUT2D eigenvalue weighted by Gasteiger charge is -2.40. The lowest BCUT2D eigenvalue weighted by molar-refractivity contribution is -0.145. The number of aromatic nitrogens is 6. The topological polar surface area (TPSA) is 113 Å². The number of carbonyl (C=O) groups excluding carboxylic acids is 1.